The van der Waals surface area contributed by atoms with Gasteiger partial charge in [-0.3, -0.25) is 4.79 Å². The second-order valence-electron chi connectivity index (χ2n) is 4.66. The number of hydrogen-bond acceptors (Lipinski definition) is 5. The molecule has 0 aliphatic heterocycles. The van der Waals surface area contributed by atoms with Crippen molar-refractivity contribution in [1.29, 1.82) is 0 Å². The molecule has 1 aliphatic carbocycles. The van der Waals surface area contributed by atoms with E-state index in [1.807, 2.05) is 6.26 Å². The number of aromatic nitrogens is 2. The number of anilines is 1. The van der Waals surface area contributed by atoms with Crippen LogP contribution in [-0.2, 0) is 0 Å². The molecule has 1 N–H and O–H groups in total. The van der Waals surface area contributed by atoms with Crippen LogP contribution < -0.4 is 5.32 Å². The molecule has 0 atom stereocenters. The van der Waals surface area contributed by atoms with Crippen molar-refractivity contribution < 1.29 is 4.79 Å². The number of carbonyl (C=O) groups excluding carboxylic acids is 1. The van der Waals surface area contributed by atoms with Gasteiger partial charge in [0.2, 0.25) is 0 Å². The van der Waals surface area contributed by atoms with Crippen molar-refractivity contribution in [2.45, 2.75) is 37.3 Å². The average Bonchev–Trinajstić information content (AvgIpc) is 2.45. The lowest BCUT2D eigenvalue weighted by molar-refractivity contribution is 0.112. The molecule has 0 amide bonds. The zero-order valence-electron chi connectivity index (χ0n) is 10.7. The minimum Gasteiger partial charge on any atom is -0.369 e. The molecule has 1 saturated carbocycles. The Labute approximate surface area is 112 Å². The third-order valence-electron chi connectivity index (χ3n) is 3.39. The summed E-state index contributed by atoms with van der Waals surface area (Å²) in [6.45, 7) is 0.908. The van der Waals surface area contributed by atoms with E-state index in [9.17, 15) is 4.79 Å². The summed E-state index contributed by atoms with van der Waals surface area (Å²) in [4.78, 5) is 19.4. The van der Waals surface area contributed by atoms with Gasteiger partial charge in [-0.05, 0) is 25.0 Å². The van der Waals surface area contributed by atoms with Crippen molar-refractivity contribution >= 4 is 23.9 Å². The molecule has 0 unspecified atom stereocenters. The predicted octanol–water partition coefficient (Wildman–Crippen LogP) is 3.00. The van der Waals surface area contributed by atoms with Gasteiger partial charge in [-0.1, -0.05) is 31.0 Å². The molecule has 1 aliphatic rings. The van der Waals surface area contributed by atoms with E-state index in [4.69, 9.17) is 0 Å². The number of thioether (sulfide) groups is 1. The van der Waals surface area contributed by atoms with E-state index in [0.717, 1.165) is 12.8 Å². The summed E-state index contributed by atoms with van der Waals surface area (Å²) in [5, 5.41) is 4.01. The van der Waals surface area contributed by atoms with E-state index in [1.165, 1.54) is 43.9 Å². The lowest BCUT2D eigenvalue weighted by atomic mass is 9.89. The van der Waals surface area contributed by atoms with Crippen LogP contribution in [0.15, 0.2) is 11.4 Å². The first kappa shape index (κ1) is 13.3. The molecule has 98 valence electrons. The van der Waals surface area contributed by atoms with Gasteiger partial charge in [0.1, 0.15) is 5.82 Å². The summed E-state index contributed by atoms with van der Waals surface area (Å²) >= 11 is 1.49. The number of nitrogens with one attached hydrogen (secondary N) is 1. The van der Waals surface area contributed by atoms with Gasteiger partial charge >= 0.3 is 0 Å². The second-order valence-corrected chi connectivity index (χ2v) is 5.44. The molecular weight excluding hydrogens is 246 g/mol. The number of carbonyl (C=O) groups is 1. The molecule has 5 heteroatoms. The number of nitrogens with zero attached hydrogens (tertiary/aromatic N) is 2. The quantitative estimate of drug-likeness (QED) is 0.504. The third kappa shape index (κ3) is 3.45. The van der Waals surface area contributed by atoms with Crippen LogP contribution in [0.25, 0.3) is 0 Å². The third-order valence-corrected chi connectivity index (χ3v) is 3.95. The van der Waals surface area contributed by atoms with Crippen molar-refractivity contribution in [1.82, 2.24) is 9.97 Å². The number of hydrogen-bond donors (Lipinski definition) is 1. The minimum absolute atomic E-state index is 0.545. The normalized spacial score (nSPS) is 16.5. The summed E-state index contributed by atoms with van der Waals surface area (Å²) in [5.41, 5.74) is 0.545. The molecule has 0 spiro atoms. The van der Waals surface area contributed by atoms with Gasteiger partial charge in [-0.15, -0.1) is 0 Å². The van der Waals surface area contributed by atoms with Crippen LogP contribution in [0.3, 0.4) is 0 Å². The van der Waals surface area contributed by atoms with Gasteiger partial charge in [0.05, 0.1) is 5.56 Å². The molecule has 0 radical (unpaired) electrons. The van der Waals surface area contributed by atoms with Crippen molar-refractivity contribution in [3.8, 4) is 0 Å². The minimum atomic E-state index is 0.545. The highest BCUT2D eigenvalue weighted by Crippen LogP contribution is 2.24. The summed E-state index contributed by atoms with van der Waals surface area (Å²) in [7, 11) is 0. The van der Waals surface area contributed by atoms with Gasteiger partial charge in [0.25, 0.3) is 0 Å². The van der Waals surface area contributed by atoms with E-state index in [1.54, 1.807) is 6.20 Å². The Morgan fingerprint density at radius 1 is 1.44 bits per heavy atom. The highest BCUT2D eigenvalue weighted by atomic mass is 32.2. The molecule has 1 aromatic rings. The topological polar surface area (TPSA) is 54.9 Å². The maximum absolute atomic E-state index is 11.0. The molecule has 1 fully saturated rings. The van der Waals surface area contributed by atoms with E-state index >= 15 is 0 Å². The Morgan fingerprint density at radius 2 is 2.22 bits per heavy atom. The van der Waals surface area contributed by atoms with Crippen molar-refractivity contribution in [2.24, 2.45) is 5.92 Å². The maximum Gasteiger partial charge on any atom is 0.189 e. The molecule has 18 heavy (non-hydrogen) atoms. The molecule has 0 bridgehead atoms. The predicted molar refractivity (Wildman–Crippen MR) is 74.3 cm³/mol. The van der Waals surface area contributed by atoms with Crippen molar-refractivity contribution in [3.05, 3.63) is 11.8 Å². The van der Waals surface area contributed by atoms with Gasteiger partial charge in [-0.2, -0.15) is 0 Å². The fourth-order valence-electron chi connectivity index (χ4n) is 2.33. The van der Waals surface area contributed by atoms with Gasteiger partial charge in [0, 0.05) is 12.7 Å². The molecule has 2 rings (SSSR count). The first-order chi connectivity index (χ1) is 8.83. The van der Waals surface area contributed by atoms with E-state index < -0.39 is 0 Å². The highest BCUT2D eigenvalue weighted by Gasteiger charge is 2.14. The van der Waals surface area contributed by atoms with E-state index in [-0.39, 0.29) is 0 Å². The van der Waals surface area contributed by atoms with Crippen LogP contribution in [0.5, 0.6) is 0 Å². The van der Waals surface area contributed by atoms with Gasteiger partial charge in [-0.25, -0.2) is 9.97 Å². The fourth-order valence-corrected chi connectivity index (χ4v) is 2.67. The average molecular weight is 265 g/mol. The zero-order valence-corrected chi connectivity index (χ0v) is 11.5. The van der Waals surface area contributed by atoms with Crippen LogP contribution in [0.2, 0.25) is 0 Å². The second kappa shape index (κ2) is 6.73. The fraction of sp³-hybridized carbons (Fsp3) is 0.615. The molecular formula is C13H19N3OS. The largest absolute Gasteiger partial charge is 0.369 e. The van der Waals surface area contributed by atoms with Crippen LogP contribution in [-0.4, -0.2) is 29.1 Å². The van der Waals surface area contributed by atoms with Gasteiger partial charge in [0.15, 0.2) is 11.4 Å². The first-order valence-electron chi connectivity index (χ1n) is 6.43. The summed E-state index contributed by atoms with van der Waals surface area (Å²) in [5.74, 6) is 1.39. The van der Waals surface area contributed by atoms with Crippen molar-refractivity contribution in [2.75, 3.05) is 18.1 Å². The highest BCUT2D eigenvalue weighted by molar-refractivity contribution is 7.98. The smallest absolute Gasteiger partial charge is 0.189 e. The first-order valence-corrected chi connectivity index (χ1v) is 7.66. The Kier molecular flexibility index (Phi) is 4.99. The molecule has 0 aromatic carbocycles. The van der Waals surface area contributed by atoms with E-state index in [2.05, 4.69) is 15.3 Å². The lowest BCUT2D eigenvalue weighted by Gasteiger charge is -2.22. The summed E-state index contributed by atoms with van der Waals surface area (Å²) in [6, 6.07) is 0. The SMILES string of the molecule is CSc1ncc(C=O)c(NCC2CCCCC2)n1. The van der Waals surface area contributed by atoms with Gasteiger partial charge < -0.3 is 5.32 Å². The number of rotatable bonds is 5. The van der Waals surface area contributed by atoms with Crippen LogP contribution in [0.1, 0.15) is 42.5 Å². The van der Waals surface area contributed by atoms with Crippen molar-refractivity contribution in [3.63, 3.8) is 0 Å². The molecule has 1 heterocycles. The van der Waals surface area contributed by atoms with Crippen LogP contribution in [0, 0.1) is 5.92 Å². The maximum atomic E-state index is 11.0. The molecule has 1 aromatic heterocycles. The van der Waals surface area contributed by atoms with Crippen LogP contribution in [0.4, 0.5) is 5.82 Å². The summed E-state index contributed by atoms with van der Waals surface area (Å²) in [6.07, 6.45) is 10.9. The Bertz CT molecular complexity index is 405. The zero-order chi connectivity index (χ0) is 12.8. The number of aldehydes is 1. The monoisotopic (exact) mass is 265 g/mol. The van der Waals surface area contributed by atoms with Crippen LogP contribution >= 0.6 is 11.8 Å². The molecule has 4 nitrogen and oxygen atoms in total. The summed E-state index contributed by atoms with van der Waals surface area (Å²) < 4.78 is 0. The Morgan fingerprint density at radius 3 is 2.89 bits per heavy atom. The molecule has 0 saturated heterocycles. The Balaban J connectivity index is 2.00. The standard InChI is InChI=1S/C13H19N3OS/c1-18-13-15-8-11(9-17)12(16-13)14-7-10-5-3-2-4-6-10/h8-10H,2-7H2,1H3,(H,14,15,16). The lowest BCUT2D eigenvalue weighted by Crippen LogP contribution is -2.18. The van der Waals surface area contributed by atoms with E-state index in [0.29, 0.717) is 22.5 Å². The Hall–Kier alpha value is -1.10.